The van der Waals surface area contributed by atoms with Crippen molar-refractivity contribution in [1.29, 1.82) is 0 Å². The molecule has 2 rings (SSSR count). The van der Waals surface area contributed by atoms with Gasteiger partial charge in [-0.2, -0.15) is 0 Å². The molecule has 0 aliphatic carbocycles. The second kappa shape index (κ2) is 6.54. The van der Waals surface area contributed by atoms with Gasteiger partial charge < -0.3 is 5.32 Å². The lowest BCUT2D eigenvalue weighted by Gasteiger charge is -2.07. The van der Waals surface area contributed by atoms with E-state index in [2.05, 4.69) is 10.3 Å². The fourth-order valence-electron chi connectivity index (χ4n) is 1.39. The predicted octanol–water partition coefficient (Wildman–Crippen LogP) is 4.01. The summed E-state index contributed by atoms with van der Waals surface area (Å²) in [5.74, 6) is -3.37. The molecule has 0 unspecified atom stereocenters. The van der Waals surface area contributed by atoms with Crippen LogP contribution in [-0.2, 0) is 0 Å². The zero-order chi connectivity index (χ0) is 15.5. The highest BCUT2D eigenvalue weighted by molar-refractivity contribution is 7.99. The molecule has 3 nitrogen and oxygen atoms in total. The third kappa shape index (κ3) is 3.68. The second-order valence-corrected chi connectivity index (χ2v) is 4.70. The van der Waals surface area contributed by atoms with E-state index < -0.39 is 11.9 Å². The van der Waals surface area contributed by atoms with Crippen molar-refractivity contribution in [2.75, 3.05) is 11.3 Å². The molecule has 98 valence electrons. The molecule has 1 heterocycles. The number of carbonyl (C=O) groups is 1. The zero-order valence-electron chi connectivity index (χ0n) is 11.6. The van der Waals surface area contributed by atoms with E-state index in [0.29, 0.717) is 17.4 Å². The summed E-state index contributed by atoms with van der Waals surface area (Å²) in [5.41, 5.74) is 0.615. The van der Waals surface area contributed by atoms with Crippen LogP contribution in [0.5, 0.6) is 0 Å². The van der Waals surface area contributed by atoms with Crippen LogP contribution >= 0.6 is 23.4 Å². The van der Waals surface area contributed by atoms with Gasteiger partial charge in [-0.1, -0.05) is 29.4 Å². The maximum Gasteiger partial charge on any atom is 0.274 e. The van der Waals surface area contributed by atoms with Crippen molar-refractivity contribution in [2.45, 2.75) is 4.90 Å². The summed E-state index contributed by atoms with van der Waals surface area (Å²) in [7, 11) is 0. The summed E-state index contributed by atoms with van der Waals surface area (Å²) < 4.78 is 26.9. The molecule has 0 bridgehead atoms. The monoisotopic (exact) mass is 297 g/mol. The van der Waals surface area contributed by atoms with Crippen molar-refractivity contribution in [3.63, 3.8) is 0 Å². The number of amides is 1. The number of thioether (sulfide) groups is 1. The van der Waals surface area contributed by atoms with Crippen LogP contribution in [0.3, 0.4) is 0 Å². The molecule has 0 atom stereocenters. The zero-order valence-corrected chi connectivity index (χ0v) is 11.1. The Bertz CT molecular complexity index is 652. The van der Waals surface area contributed by atoms with E-state index in [9.17, 15) is 9.18 Å². The average Bonchev–Trinajstić information content (AvgIpc) is 2.42. The minimum absolute atomic E-state index is 0.197. The van der Waals surface area contributed by atoms with E-state index in [-0.39, 0.29) is 15.6 Å². The molecule has 1 N–H and O–H groups in total. The van der Waals surface area contributed by atoms with Crippen LogP contribution in [0.15, 0.2) is 47.5 Å². The number of anilines is 1. The van der Waals surface area contributed by atoms with Crippen LogP contribution in [0.1, 0.15) is 13.2 Å². The van der Waals surface area contributed by atoms with Gasteiger partial charge >= 0.3 is 0 Å². The summed E-state index contributed by atoms with van der Waals surface area (Å²) >= 11 is 6.21. The SMILES string of the molecule is [2H]C([2H])([18F])Sc1cc(NC(=O)c2ccccn2)ccc1Cl. The van der Waals surface area contributed by atoms with E-state index in [1.165, 1.54) is 18.3 Å². The molecule has 0 spiro atoms. The minimum Gasteiger partial charge on any atom is -0.321 e. The topological polar surface area (TPSA) is 42.0 Å². The number of halogens is 2. The summed E-state index contributed by atoms with van der Waals surface area (Å²) in [4.78, 5) is 16.0. The molecular weight excluding hydrogens is 286 g/mol. The van der Waals surface area contributed by atoms with Gasteiger partial charge in [0, 0.05) is 16.8 Å². The minimum atomic E-state index is -2.95. The molecule has 0 fully saturated rings. The molecule has 2 aromatic rings. The summed E-state index contributed by atoms with van der Waals surface area (Å²) in [6.07, 6.45) is 1.50. The molecule has 1 aromatic heterocycles. The number of carbonyl (C=O) groups excluding carboxylic acids is 1. The van der Waals surface area contributed by atoms with Crippen LogP contribution in [0, 0.1) is 0 Å². The lowest BCUT2D eigenvalue weighted by atomic mass is 10.3. The molecule has 1 aromatic carbocycles. The molecule has 19 heavy (non-hydrogen) atoms. The first-order valence-corrected chi connectivity index (χ1v) is 6.44. The van der Waals surface area contributed by atoms with E-state index in [1.54, 1.807) is 24.3 Å². The van der Waals surface area contributed by atoms with Crippen LogP contribution in [0.2, 0.25) is 5.02 Å². The molecule has 6 heteroatoms. The van der Waals surface area contributed by atoms with E-state index >= 15 is 0 Å². The maximum atomic E-state index is 13.1. The molecule has 0 saturated carbocycles. The van der Waals surface area contributed by atoms with Crippen LogP contribution in [-0.4, -0.2) is 16.8 Å². The van der Waals surface area contributed by atoms with Gasteiger partial charge in [0.2, 0.25) is 0 Å². The number of pyridine rings is 1. The Balaban J connectivity index is 2.18. The van der Waals surface area contributed by atoms with Gasteiger partial charge in [0.25, 0.3) is 5.91 Å². The number of benzene rings is 1. The van der Waals surface area contributed by atoms with Crippen LogP contribution < -0.4 is 5.32 Å². The number of alkyl halides is 1. The number of hydrogen-bond donors (Lipinski definition) is 1. The first-order chi connectivity index (χ1) is 9.85. The highest BCUT2D eigenvalue weighted by atomic mass is 35.5. The van der Waals surface area contributed by atoms with E-state index in [1.807, 2.05) is 0 Å². The Kier molecular flexibility index (Phi) is 3.87. The third-order valence-corrected chi connectivity index (χ3v) is 3.31. The summed E-state index contributed by atoms with van der Waals surface area (Å²) in [5, 5.41) is 2.80. The Labute approximate surface area is 122 Å². The quantitative estimate of drug-likeness (QED) is 0.867. The van der Waals surface area contributed by atoms with Crippen LogP contribution in [0.25, 0.3) is 0 Å². The number of nitrogens with zero attached hydrogens (tertiary/aromatic N) is 1. The number of aromatic nitrogens is 1. The Hall–Kier alpha value is -1.59. The van der Waals surface area contributed by atoms with Gasteiger partial charge in [0.05, 0.1) is 7.76 Å². The van der Waals surface area contributed by atoms with E-state index in [4.69, 9.17) is 14.3 Å². The molecule has 0 radical (unpaired) electrons. The van der Waals surface area contributed by atoms with Gasteiger partial charge in [-0.15, -0.1) is 0 Å². The Morgan fingerprint density at radius 2 is 2.32 bits per heavy atom. The molecule has 0 saturated heterocycles. The first kappa shape index (κ1) is 11.3. The highest BCUT2D eigenvalue weighted by Gasteiger charge is 2.08. The van der Waals surface area contributed by atoms with Crippen LogP contribution in [0.4, 0.5) is 10.1 Å². The lowest BCUT2D eigenvalue weighted by Crippen LogP contribution is -2.13. The first-order valence-electron chi connectivity index (χ1n) is 6.25. The molecule has 1 amide bonds. The fourth-order valence-corrected chi connectivity index (χ4v) is 2.06. The van der Waals surface area contributed by atoms with E-state index in [0.717, 1.165) is 0 Å². The largest absolute Gasteiger partial charge is 0.321 e. The van der Waals surface area contributed by atoms with Gasteiger partial charge in [-0.3, -0.25) is 9.78 Å². The normalized spacial score (nSPS) is 12.5. The number of hydrogen-bond acceptors (Lipinski definition) is 3. The average molecular weight is 298 g/mol. The molecular formula is C13H10ClFN2OS. The van der Waals surface area contributed by atoms with Crippen molar-refractivity contribution < 1.29 is 11.9 Å². The fraction of sp³-hybridized carbons (Fsp3) is 0.0769. The predicted molar refractivity (Wildman–Crippen MR) is 75.5 cm³/mol. The lowest BCUT2D eigenvalue weighted by molar-refractivity contribution is 0.102. The highest BCUT2D eigenvalue weighted by Crippen LogP contribution is 2.30. The Morgan fingerprint density at radius 3 is 3.00 bits per heavy atom. The number of nitrogens with one attached hydrogen (secondary N) is 1. The smallest absolute Gasteiger partial charge is 0.274 e. The van der Waals surface area contributed by atoms with Crippen molar-refractivity contribution in [2.24, 2.45) is 0 Å². The maximum absolute atomic E-state index is 13.1. The standard InChI is InChI=1S/C13H10ClFN2OS/c14-10-5-4-9(7-12(10)19-8-15)17-13(18)11-3-1-2-6-16-11/h1-7H,8H2,(H,17,18)/i8D2,15-1. The van der Waals surface area contributed by atoms with Crippen molar-refractivity contribution in [3.05, 3.63) is 53.3 Å². The second-order valence-electron chi connectivity index (χ2n) is 3.49. The van der Waals surface area contributed by atoms with Gasteiger partial charge in [-0.25, -0.2) is 4.39 Å². The van der Waals surface area contributed by atoms with Crippen molar-refractivity contribution >= 4 is 35.0 Å². The van der Waals surface area contributed by atoms with Gasteiger partial charge in [0.15, 0.2) is 0 Å². The van der Waals surface area contributed by atoms with Crippen molar-refractivity contribution in [3.8, 4) is 0 Å². The van der Waals surface area contributed by atoms with Crippen molar-refractivity contribution in [1.82, 2.24) is 4.98 Å². The number of rotatable bonds is 4. The summed E-state index contributed by atoms with van der Waals surface area (Å²) in [6.45, 7) is 0. The third-order valence-electron chi connectivity index (χ3n) is 2.24. The molecule has 0 aliphatic rings. The summed E-state index contributed by atoms with van der Waals surface area (Å²) in [6, 6.07) is 9.34. The van der Waals surface area contributed by atoms with Gasteiger partial charge in [-0.05, 0) is 30.3 Å². The molecule has 0 aliphatic heterocycles. The Morgan fingerprint density at radius 1 is 1.47 bits per heavy atom. The van der Waals surface area contributed by atoms with Gasteiger partial charge in [0.1, 0.15) is 11.7 Å².